The molecule has 0 saturated carbocycles. The van der Waals surface area contributed by atoms with Gasteiger partial charge in [-0.1, -0.05) is 182 Å². The molecule has 0 spiro atoms. The van der Waals surface area contributed by atoms with E-state index in [0.717, 1.165) is 77.7 Å². The molecular formula is C46H32Cl2FeN2. The Morgan fingerprint density at radius 2 is 0.608 bits per heavy atom. The first-order chi connectivity index (χ1) is 25.2. The van der Waals surface area contributed by atoms with Gasteiger partial charge in [0, 0.05) is 33.4 Å². The molecule has 0 unspecified atom stereocenters. The number of hydrogen-bond donors (Lipinski definition) is 0. The fourth-order valence-electron chi connectivity index (χ4n) is 6.45. The van der Waals surface area contributed by atoms with Gasteiger partial charge in [-0.05, 0) is 33.7 Å². The Labute approximate surface area is 313 Å². The molecule has 0 aliphatic rings. The molecule has 0 fully saturated rings. The van der Waals surface area contributed by atoms with Crippen LogP contribution in [0.5, 0.6) is 0 Å². The van der Waals surface area contributed by atoms with E-state index in [-0.39, 0.29) is 13.1 Å². The number of aliphatic imine (C=N–C) groups is 2. The molecule has 0 aliphatic carbocycles. The van der Waals surface area contributed by atoms with Crippen LogP contribution in [-0.4, -0.2) is 11.4 Å². The topological polar surface area (TPSA) is 24.7 Å². The van der Waals surface area contributed by atoms with Gasteiger partial charge in [0.05, 0.1) is 22.8 Å². The molecule has 0 amide bonds. The average molecular weight is 740 g/mol. The van der Waals surface area contributed by atoms with Gasteiger partial charge in [0.2, 0.25) is 0 Å². The van der Waals surface area contributed by atoms with Gasteiger partial charge in [-0.25, -0.2) is 9.98 Å². The van der Waals surface area contributed by atoms with Gasteiger partial charge in [0.25, 0.3) is 0 Å². The molecule has 0 aliphatic heterocycles. The zero-order valence-corrected chi connectivity index (χ0v) is 30.1. The van der Waals surface area contributed by atoms with Gasteiger partial charge >= 0.3 is 33.3 Å². The van der Waals surface area contributed by atoms with Crippen molar-refractivity contribution in [3.8, 4) is 11.1 Å². The minimum absolute atomic E-state index is 0.194. The number of nitrogens with zero attached hydrogens (tertiary/aromatic N) is 2. The SMILES string of the molecule is [Cl][Fe][Cl].c1ccc(C(=Nc2ccc3ccccc3c2-c2c(N=C(c3ccccc3)c3ccccc3)ccc3ccccc23)c2ccccc2)cc1. The molecule has 0 atom stereocenters. The summed E-state index contributed by atoms with van der Waals surface area (Å²) in [5.41, 5.74) is 10.0. The van der Waals surface area contributed by atoms with E-state index in [2.05, 4.69) is 170 Å². The standard InChI is InChI=1S/C46H32N2.2ClH.Fe/c1-5-19-35(20-6-1)45(36-21-7-2-8-22-36)47-41-31-29-33-17-13-15-27-39(33)43(41)44-40-28-16-14-18-34(40)30-32-42(44)48-46(37-23-9-3-10-24-37)38-25-11-4-12-26-38;;;/h1-32H;2*1H;/q;;;+2/p-2. The molecule has 0 heterocycles. The van der Waals surface area contributed by atoms with Crippen LogP contribution in [0.2, 0.25) is 0 Å². The van der Waals surface area contributed by atoms with E-state index in [1.54, 1.807) is 0 Å². The van der Waals surface area contributed by atoms with Crippen molar-refractivity contribution in [1.29, 1.82) is 0 Å². The van der Waals surface area contributed by atoms with Crippen LogP contribution >= 0.6 is 20.2 Å². The van der Waals surface area contributed by atoms with E-state index in [1.807, 2.05) is 24.3 Å². The number of halogens is 2. The molecule has 0 saturated heterocycles. The minimum Gasteiger partial charge on any atom is -0.247 e. The maximum atomic E-state index is 5.54. The van der Waals surface area contributed by atoms with Gasteiger partial charge in [0.15, 0.2) is 0 Å². The van der Waals surface area contributed by atoms with Crippen molar-refractivity contribution in [1.82, 2.24) is 0 Å². The van der Waals surface area contributed by atoms with Crippen LogP contribution in [0.25, 0.3) is 32.7 Å². The summed E-state index contributed by atoms with van der Waals surface area (Å²) in [6.45, 7) is 0. The van der Waals surface area contributed by atoms with Crippen LogP contribution in [0.15, 0.2) is 204 Å². The molecule has 8 aromatic rings. The Balaban J connectivity index is 0.00000131. The molecule has 51 heavy (non-hydrogen) atoms. The second-order valence-electron chi connectivity index (χ2n) is 11.8. The van der Waals surface area contributed by atoms with Gasteiger partial charge in [-0.2, -0.15) is 0 Å². The average Bonchev–Trinajstić information content (AvgIpc) is 3.20. The first-order valence-electron chi connectivity index (χ1n) is 16.5. The van der Waals surface area contributed by atoms with E-state index in [4.69, 9.17) is 30.2 Å². The summed E-state index contributed by atoms with van der Waals surface area (Å²) in [6, 6.07) is 67.7. The Morgan fingerprint density at radius 1 is 0.333 bits per heavy atom. The summed E-state index contributed by atoms with van der Waals surface area (Å²) in [4.78, 5) is 11.1. The molecule has 2 nitrogen and oxygen atoms in total. The van der Waals surface area contributed by atoms with E-state index < -0.39 is 0 Å². The van der Waals surface area contributed by atoms with Crippen molar-refractivity contribution in [2.75, 3.05) is 0 Å². The Morgan fingerprint density at radius 3 is 0.922 bits per heavy atom. The third-order valence-corrected chi connectivity index (χ3v) is 8.72. The zero-order valence-electron chi connectivity index (χ0n) is 27.5. The molecule has 0 radical (unpaired) electrons. The van der Waals surface area contributed by atoms with Crippen LogP contribution in [0.3, 0.4) is 0 Å². The summed E-state index contributed by atoms with van der Waals surface area (Å²) in [7, 11) is 9.53. The Kier molecular flexibility index (Phi) is 11.1. The molecule has 8 rings (SSSR count). The number of hydrogen-bond acceptors (Lipinski definition) is 2. The fourth-order valence-corrected chi connectivity index (χ4v) is 6.45. The maximum Gasteiger partial charge on any atom is 0.0781 e. The molecule has 0 N–H and O–H groups in total. The minimum atomic E-state index is 0.194. The van der Waals surface area contributed by atoms with Crippen molar-refractivity contribution < 1.29 is 13.1 Å². The van der Waals surface area contributed by atoms with Crippen LogP contribution in [0, 0.1) is 0 Å². The number of rotatable bonds is 7. The molecule has 0 bridgehead atoms. The third kappa shape index (κ3) is 7.73. The third-order valence-electron chi connectivity index (χ3n) is 8.72. The van der Waals surface area contributed by atoms with Crippen molar-refractivity contribution in [3.05, 3.63) is 216 Å². The number of fused-ring (bicyclic) bond motifs is 2. The summed E-state index contributed by atoms with van der Waals surface area (Å²) < 4.78 is 0. The fraction of sp³-hybridized carbons (Fsp3) is 0. The predicted molar refractivity (Wildman–Crippen MR) is 215 cm³/mol. The first-order valence-corrected chi connectivity index (χ1v) is 19.6. The van der Waals surface area contributed by atoms with E-state index in [9.17, 15) is 0 Å². The Hall–Kier alpha value is -5.28. The Bertz CT molecular complexity index is 2190. The van der Waals surface area contributed by atoms with Gasteiger partial charge in [-0.3, -0.25) is 0 Å². The molecule has 8 aromatic carbocycles. The second-order valence-corrected chi connectivity index (χ2v) is 13.6. The smallest absolute Gasteiger partial charge is 0.0781 e. The summed E-state index contributed by atoms with van der Waals surface area (Å²) in [5.74, 6) is 0. The molecular weight excluding hydrogens is 707 g/mol. The number of benzene rings is 8. The van der Waals surface area contributed by atoms with E-state index in [1.165, 1.54) is 0 Å². The van der Waals surface area contributed by atoms with Crippen molar-refractivity contribution in [2.45, 2.75) is 0 Å². The molecule has 248 valence electrons. The van der Waals surface area contributed by atoms with Crippen molar-refractivity contribution in [3.63, 3.8) is 0 Å². The molecule has 0 aromatic heterocycles. The normalized spacial score (nSPS) is 10.7. The summed E-state index contributed by atoms with van der Waals surface area (Å²) >= 11 is 0.194. The van der Waals surface area contributed by atoms with E-state index >= 15 is 0 Å². The molecule has 5 heteroatoms. The quantitative estimate of drug-likeness (QED) is 0.115. The van der Waals surface area contributed by atoms with Crippen LogP contribution in [-0.2, 0) is 13.1 Å². The van der Waals surface area contributed by atoms with Crippen LogP contribution in [0.1, 0.15) is 22.3 Å². The first kappa shape index (κ1) is 34.2. The van der Waals surface area contributed by atoms with Crippen LogP contribution < -0.4 is 0 Å². The zero-order chi connectivity index (χ0) is 34.8. The van der Waals surface area contributed by atoms with Crippen molar-refractivity contribution in [2.24, 2.45) is 9.98 Å². The van der Waals surface area contributed by atoms with E-state index in [0.29, 0.717) is 0 Å². The van der Waals surface area contributed by atoms with Crippen LogP contribution in [0.4, 0.5) is 11.4 Å². The maximum absolute atomic E-state index is 5.54. The van der Waals surface area contributed by atoms with Crippen molar-refractivity contribution >= 4 is 64.5 Å². The largest absolute Gasteiger partial charge is 0.247 e. The second kappa shape index (κ2) is 16.6. The summed E-state index contributed by atoms with van der Waals surface area (Å²) in [5, 5.41) is 4.57. The van der Waals surface area contributed by atoms with Gasteiger partial charge in [-0.15, -0.1) is 0 Å². The van der Waals surface area contributed by atoms with Gasteiger partial charge < -0.3 is 0 Å². The summed E-state index contributed by atoms with van der Waals surface area (Å²) in [6.07, 6.45) is 0. The predicted octanol–water partition coefficient (Wildman–Crippen LogP) is 13.4. The van der Waals surface area contributed by atoms with Gasteiger partial charge in [0.1, 0.15) is 0 Å². The monoisotopic (exact) mass is 738 g/mol.